The van der Waals surface area contributed by atoms with Crippen LogP contribution in [0, 0.1) is 11.7 Å². The van der Waals surface area contributed by atoms with Crippen LogP contribution in [0.1, 0.15) is 24.8 Å². The molecular weight excluding hydrogens is 295 g/mol. The van der Waals surface area contributed by atoms with Crippen LogP contribution in [0.25, 0.3) is 0 Å². The molecule has 1 amide bonds. The van der Waals surface area contributed by atoms with Crippen LogP contribution >= 0.6 is 12.4 Å². The average molecular weight is 317 g/mol. The third-order valence-electron chi connectivity index (χ3n) is 3.77. The fourth-order valence-electron chi connectivity index (χ4n) is 2.45. The van der Waals surface area contributed by atoms with E-state index in [1.54, 1.807) is 6.07 Å². The van der Waals surface area contributed by atoms with E-state index in [1.165, 1.54) is 12.1 Å². The van der Waals surface area contributed by atoms with E-state index in [9.17, 15) is 14.3 Å². The second kappa shape index (κ2) is 8.32. The van der Waals surface area contributed by atoms with Crippen molar-refractivity contribution in [1.29, 1.82) is 0 Å². The molecule has 3 atom stereocenters. The number of halogens is 2. The van der Waals surface area contributed by atoms with E-state index >= 15 is 0 Å². The number of carbonyl (C=O) groups excluding carboxylic acids is 1. The number of nitrogens with one attached hydrogen (secondary N) is 2. The minimum absolute atomic E-state index is 0. The Morgan fingerprint density at radius 2 is 2.29 bits per heavy atom. The van der Waals surface area contributed by atoms with Crippen molar-refractivity contribution in [3.8, 4) is 0 Å². The highest BCUT2D eigenvalue weighted by Crippen LogP contribution is 2.19. The zero-order valence-corrected chi connectivity index (χ0v) is 12.8. The molecule has 0 aromatic heterocycles. The molecule has 1 fully saturated rings. The maximum Gasteiger partial charge on any atom is 0.220 e. The lowest BCUT2D eigenvalue weighted by molar-refractivity contribution is -0.121. The molecule has 21 heavy (non-hydrogen) atoms. The molecule has 0 radical (unpaired) electrons. The van der Waals surface area contributed by atoms with Crippen LogP contribution in [0.5, 0.6) is 0 Å². The molecular formula is C15H22ClFN2O2. The molecule has 2 rings (SSSR count). The van der Waals surface area contributed by atoms with Crippen LogP contribution in [-0.4, -0.2) is 36.8 Å². The molecule has 0 aliphatic carbocycles. The number of aliphatic hydroxyl groups is 1. The van der Waals surface area contributed by atoms with Crippen molar-refractivity contribution >= 4 is 18.3 Å². The summed E-state index contributed by atoms with van der Waals surface area (Å²) in [5.74, 6) is -0.309. The highest BCUT2D eigenvalue weighted by atomic mass is 35.5. The third kappa shape index (κ3) is 5.26. The number of rotatable bonds is 5. The Kier molecular flexibility index (Phi) is 7.08. The fourth-order valence-corrected chi connectivity index (χ4v) is 2.45. The van der Waals surface area contributed by atoms with E-state index in [-0.39, 0.29) is 36.0 Å². The molecule has 0 saturated carbocycles. The minimum Gasteiger partial charge on any atom is -0.391 e. The fraction of sp³-hybridized carbons (Fsp3) is 0.533. The van der Waals surface area contributed by atoms with Gasteiger partial charge in [-0.2, -0.15) is 0 Å². The van der Waals surface area contributed by atoms with E-state index < -0.39 is 6.10 Å². The van der Waals surface area contributed by atoms with Crippen molar-refractivity contribution in [3.63, 3.8) is 0 Å². The zero-order chi connectivity index (χ0) is 14.5. The number of carbonyl (C=O) groups is 1. The van der Waals surface area contributed by atoms with E-state index in [4.69, 9.17) is 0 Å². The van der Waals surface area contributed by atoms with Crippen LogP contribution in [0.2, 0.25) is 0 Å². The Labute approximate surface area is 130 Å². The van der Waals surface area contributed by atoms with Gasteiger partial charge in [-0.3, -0.25) is 4.79 Å². The lowest BCUT2D eigenvalue weighted by Crippen LogP contribution is -2.34. The number of amides is 1. The van der Waals surface area contributed by atoms with Crippen molar-refractivity contribution in [1.82, 2.24) is 10.6 Å². The molecule has 1 heterocycles. The summed E-state index contributed by atoms with van der Waals surface area (Å²) < 4.78 is 13.1. The summed E-state index contributed by atoms with van der Waals surface area (Å²) in [6, 6.07) is 6.33. The molecule has 118 valence electrons. The van der Waals surface area contributed by atoms with Crippen molar-refractivity contribution in [2.24, 2.45) is 5.92 Å². The van der Waals surface area contributed by atoms with Gasteiger partial charge in [-0.25, -0.2) is 4.39 Å². The molecule has 0 spiro atoms. The second-order valence-electron chi connectivity index (χ2n) is 5.45. The summed E-state index contributed by atoms with van der Waals surface area (Å²) in [7, 11) is 0. The van der Waals surface area contributed by atoms with Gasteiger partial charge < -0.3 is 15.7 Å². The molecule has 0 bridgehead atoms. The van der Waals surface area contributed by atoms with Crippen LogP contribution in [0.4, 0.5) is 4.39 Å². The summed E-state index contributed by atoms with van der Waals surface area (Å²) in [5, 5.41) is 15.6. The first-order chi connectivity index (χ1) is 9.56. The monoisotopic (exact) mass is 316 g/mol. The van der Waals surface area contributed by atoms with Gasteiger partial charge in [0.2, 0.25) is 5.91 Å². The van der Waals surface area contributed by atoms with Gasteiger partial charge in [-0.05, 0) is 23.6 Å². The number of β-amino-alcohol motifs (C(OH)–C–C–N with tert-alkyl or cyclic N) is 1. The maximum atomic E-state index is 13.1. The second-order valence-corrected chi connectivity index (χ2v) is 5.45. The van der Waals surface area contributed by atoms with Crippen LogP contribution < -0.4 is 10.6 Å². The SMILES string of the molecule is CC(CC(=O)NCC1CNCC1O)c1cccc(F)c1.Cl. The van der Waals surface area contributed by atoms with Crippen LogP contribution in [0.3, 0.4) is 0 Å². The van der Waals surface area contributed by atoms with E-state index in [1.807, 2.05) is 13.0 Å². The summed E-state index contributed by atoms with van der Waals surface area (Å²) in [5.41, 5.74) is 0.822. The van der Waals surface area contributed by atoms with Gasteiger partial charge in [0, 0.05) is 32.0 Å². The Morgan fingerprint density at radius 1 is 1.52 bits per heavy atom. The highest BCUT2D eigenvalue weighted by Gasteiger charge is 2.25. The molecule has 1 aromatic carbocycles. The quantitative estimate of drug-likeness (QED) is 0.770. The van der Waals surface area contributed by atoms with Crippen molar-refractivity contribution in [2.75, 3.05) is 19.6 Å². The normalized spacial score (nSPS) is 22.4. The number of hydrogen-bond acceptors (Lipinski definition) is 3. The summed E-state index contributed by atoms with van der Waals surface area (Å²) in [6.07, 6.45) is -0.0735. The summed E-state index contributed by atoms with van der Waals surface area (Å²) in [6.45, 7) is 3.68. The van der Waals surface area contributed by atoms with Gasteiger partial charge in [-0.15, -0.1) is 12.4 Å². The molecule has 1 saturated heterocycles. The van der Waals surface area contributed by atoms with Crippen molar-refractivity contribution in [3.05, 3.63) is 35.6 Å². The number of aliphatic hydroxyl groups excluding tert-OH is 1. The first-order valence-electron chi connectivity index (χ1n) is 6.97. The Bertz CT molecular complexity index is 473. The highest BCUT2D eigenvalue weighted by molar-refractivity contribution is 5.85. The summed E-state index contributed by atoms with van der Waals surface area (Å²) >= 11 is 0. The molecule has 4 nitrogen and oxygen atoms in total. The smallest absolute Gasteiger partial charge is 0.220 e. The Morgan fingerprint density at radius 3 is 2.90 bits per heavy atom. The lowest BCUT2D eigenvalue weighted by atomic mass is 9.97. The Balaban J connectivity index is 0.00000220. The third-order valence-corrected chi connectivity index (χ3v) is 3.77. The standard InChI is InChI=1S/C15H21FN2O2.ClH/c1-10(11-3-2-4-13(16)6-11)5-15(20)18-8-12-7-17-9-14(12)19;/h2-4,6,10,12,14,17,19H,5,7-9H2,1H3,(H,18,20);1H. The van der Waals surface area contributed by atoms with Gasteiger partial charge in [0.05, 0.1) is 6.10 Å². The van der Waals surface area contributed by atoms with Gasteiger partial charge in [-0.1, -0.05) is 19.1 Å². The Hall–Kier alpha value is -1.17. The zero-order valence-electron chi connectivity index (χ0n) is 12.0. The first-order valence-corrected chi connectivity index (χ1v) is 6.97. The largest absolute Gasteiger partial charge is 0.391 e. The van der Waals surface area contributed by atoms with Gasteiger partial charge in [0.15, 0.2) is 0 Å². The first kappa shape index (κ1) is 17.9. The molecule has 1 aromatic rings. The molecule has 1 aliphatic rings. The van der Waals surface area contributed by atoms with E-state index in [2.05, 4.69) is 10.6 Å². The summed E-state index contributed by atoms with van der Waals surface area (Å²) in [4.78, 5) is 11.9. The number of hydrogen-bond donors (Lipinski definition) is 3. The topological polar surface area (TPSA) is 61.4 Å². The molecule has 3 N–H and O–H groups in total. The molecule has 1 aliphatic heterocycles. The average Bonchev–Trinajstić information content (AvgIpc) is 2.82. The van der Waals surface area contributed by atoms with Crippen LogP contribution in [-0.2, 0) is 4.79 Å². The minimum atomic E-state index is -0.393. The predicted molar refractivity (Wildman–Crippen MR) is 82.1 cm³/mol. The molecule has 6 heteroatoms. The predicted octanol–water partition coefficient (Wildman–Crippen LogP) is 1.44. The lowest BCUT2D eigenvalue weighted by Gasteiger charge is -2.16. The van der Waals surface area contributed by atoms with E-state index in [0.29, 0.717) is 19.5 Å². The number of benzene rings is 1. The van der Waals surface area contributed by atoms with Gasteiger partial charge >= 0.3 is 0 Å². The van der Waals surface area contributed by atoms with Gasteiger partial charge in [0.1, 0.15) is 5.82 Å². The van der Waals surface area contributed by atoms with Crippen molar-refractivity contribution < 1.29 is 14.3 Å². The van der Waals surface area contributed by atoms with Crippen LogP contribution in [0.15, 0.2) is 24.3 Å². The molecule has 3 unspecified atom stereocenters. The van der Waals surface area contributed by atoms with Gasteiger partial charge in [0.25, 0.3) is 0 Å². The van der Waals surface area contributed by atoms with Crippen molar-refractivity contribution in [2.45, 2.75) is 25.4 Å². The maximum absolute atomic E-state index is 13.1. The van der Waals surface area contributed by atoms with E-state index in [0.717, 1.165) is 12.1 Å².